The number of hydrogen-bond acceptors (Lipinski definition) is 2. The molecule has 0 aliphatic carbocycles. The van der Waals surface area contributed by atoms with Gasteiger partial charge >= 0.3 is 0 Å². The maximum absolute atomic E-state index is 5.35. The van der Waals surface area contributed by atoms with Crippen molar-refractivity contribution in [3.8, 4) is 0 Å². The smallest absolute Gasteiger partial charge is 0.0512 e. The van der Waals surface area contributed by atoms with Crippen LogP contribution in [0.25, 0.3) is 0 Å². The van der Waals surface area contributed by atoms with E-state index in [1.165, 1.54) is 12.1 Å². The maximum Gasteiger partial charge on any atom is 0.0512 e. The molecule has 0 amide bonds. The fraction of sp³-hybridized carbons (Fsp3) is 0.545. The first kappa shape index (κ1) is 10.1. The molecule has 0 bridgehead atoms. The van der Waals surface area contributed by atoms with E-state index in [4.69, 9.17) is 4.74 Å². The molecule has 2 rings (SSSR count). The Balaban J connectivity index is 2.00. The molecule has 1 atom stereocenters. The summed E-state index contributed by atoms with van der Waals surface area (Å²) < 4.78 is 5.35. The van der Waals surface area contributed by atoms with E-state index in [1.54, 1.807) is 0 Å². The molecule has 0 radical (unpaired) electrons. The second-order valence-corrected chi connectivity index (χ2v) is 4.25. The summed E-state index contributed by atoms with van der Waals surface area (Å²) in [5, 5.41) is 0.835. The van der Waals surface area contributed by atoms with Crippen LogP contribution in [0, 0.1) is 5.92 Å². The number of halogens is 1. The lowest BCUT2D eigenvalue weighted by atomic mass is 10.0. The van der Waals surface area contributed by atoms with E-state index in [1.807, 2.05) is 6.07 Å². The summed E-state index contributed by atoms with van der Waals surface area (Å²) in [4.78, 5) is 4.55. The Kier molecular flexibility index (Phi) is 3.54. The zero-order valence-corrected chi connectivity index (χ0v) is 9.66. The molecule has 76 valence electrons. The zero-order valence-electron chi connectivity index (χ0n) is 8.08. The molecule has 1 aromatic heterocycles. The molecule has 0 aromatic carbocycles. The number of ether oxygens (including phenoxy) is 1. The number of alkyl halides is 1. The predicted molar refractivity (Wildman–Crippen MR) is 59.5 cm³/mol. The fourth-order valence-electron chi connectivity index (χ4n) is 1.76. The highest BCUT2D eigenvalue weighted by molar-refractivity contribution is 9.08. The Morgan fingerprint density at radius 3 is 3.00 bits per heavy atom. The molecular weight excluding hydrogens is 242 g/mol. The van der Waals surface area contributed by atoms with Crippen LogP contribution in [-0.2, 0) is 16.5 Å². The minimum Gasteiger partial charge on any atom is -0.381 e. The molecule has 1 aliphatic rings. The van der Waals surface area contributed by atoms with Crippen LogP contribution in [0.3, 0.4) is 0 Å². The third-order valence-corrected chi connectivity index (χ3v) is 3.10. The predicted octanol–water partition coefficient (Wildman–Crippen LogP) is 2.56. The molecule has 0 saturated carbocycles. The van der Waals surface area contributed by atoms with Crippen molar-refractivity contribution in [2.75, 3.05) is 13.2 Å². The van der Waals surface area contributed by atoms with Crippen molar-refractivity contribution in [2.45, 2.75) is 18.2 Å². The third kappa shape index (κ3) is 2.55. The third-order valence-electron chi connectivity index (χ3n) is 2.52. The van der Waals surface area contributed by atoms with Gasteiger partial charge in [0.1, 0.15) is 0 Å². The Morgan fingerprint density at radius 2 is 2.29 bits per heavy atom. The van der Waals surface area contributed by atoms with E-state index in [2.05, 4.69) is 33.0 Å². The second kappa shape index (κ2) is 4.89. The van der Waals surface area contributed by atoms with Gasteiger partial charge in [-0.1, -0.05) is 22.0 Å². The Bertz CT molecular complexity index is 297. The van der Waals surface area contributed by atoms with Crippen molar-refractivity contribution in [2.24, 2.45) is 5.92 Å². The van der Waals surface area contributed by atoms with Crippen LogP contribution in [0.15, 0.2) is 18.2 Å². The first-order chi connectivity index (χ1) is 6.88. The molecule has 3 heteroatoms. The number of hydrogen-bond donors (Lipinski definition) is 0. The van der Waals surface area contributed by atoms with Gasteiger partial charge < -0.3 is 4.74 Å². The van der Waals surface area contributed by atoms with E-state index in [-0.39, 0.29) is 0 Å². The molecule has 1 aromatic rings. The standard InChI is InChI=1S/C11H14BrNO/c12-7-11-3-1-2-10(13-11)6-9-4-5-14-8-9/h1-3,9H,4-8H2. The molecule has 1 fully saturated rings. The highest BCUT2D eigenvalue weighted by Crippen LogP contribution is 2.17. The van der Waals surface area contributed by atoms with E-state index in [0.717, 1.165) is 30.7 Å². The number of rotatable bonds is 3. The SMILES string of the molecule is BrCc1cccc(CC2CCOC2)n1. The van der Waals surface area contributed by atoms with Crippen molar-refractivity contribution < 1.29 is 4.74 Å². The first-order valence-corrected chi connectivity index (χ1v) is 6.09. The number of nitrogens with zero attached hydrogens (tertiary/aromatic N) is 1. The molecule has 2 heterocycles. The summed E-state index contributed by atoms with van der Waals surface area (Å²) >= 11 is 3.42. The van der Waals surface area contributed by atoms with Crippen molar-refractivity contribution in [1.29, 1.82) is 0 Å². The van der Waals surface area contributed by atoms with Gasteiger partial charge in [0.25, 0.3) is 0 Å². The van der Waals surface area contributed by atoms with Gasteiger partial charge in [-0.15, -0.1) is 0 Å². The average Bonchev–Trinajstić information content (AvgIpc) is 2.71. The van der Waals surface area contributed by atoms with Crippen LogP contribution in [0.1, 0.15) is 17.8 Å². The summed E-state index contributed by atoms with van der Waals surface area (Å²) in [5.74, 6) is 0.674. The summed E-state index contributed by atoms with van der Waals surface area (Å²) in [7, 11) is 0. The van der Waals surface area contributed by atoms with Gasteiger partial charge in [0, 0.05) is 24.2 Å². The Morgan fingerprint density at radius 1 is 1.43 bits per heavy atom. The molecule has 14 heavy (non-hydrogen) atoms. The number of pyridine rings is 1. The topological polar surface area (TPSA) is 22.1 Å². The van der Waals surface area contributed by atoms with Gasteiger partial charge in [0.05, 0.1) is 5.69 Å². The van der Waals surface area contributed by atoms with Crippen LogP contribution < -0.4 is 0 Å². The molecule has 0 N–H and O–H groups in total. The van der Waals surface area contributed by atoms with Gasteiger partial charge in [-0.2, -0.15) is 0 Å². The van der Waals surface area contributed by atoms with Gasteiger partial charge in [-0.25, -0.2) is 0 Å². The quantitative estimate of drug-likeness (QED) is 0.775. The lowest BCUT2D eigenvalue weighted by Crippen LogP contribution is -2.05. The second-order valence-electron chi connectivity index (χ2n) is 3.69. The maximum atomic E-state index is 5.35. The highest BCUT2D eigenvalue weighted by atomic mass is 79.9. The van der Waals surface area contributed by atoms with E-state index in [9.17, 15) is 0 Å². The van der Waals surface area contributed by atoms with E-state index < -0.39 is 0 Å². The summed E-state index contributed by atoms with van der Waals surface area (Å²) in [6, 6.07) is 6.22. The monoisotopic (exact) mass is 255 g/mol. The Labute approximate surface area is 92.8 Å². The molecule has 2 nitrogen and oxygen atoms in total. The Hall–Kier alpha value is -0.410. The van der Waals surface area contributed by atoms with Crippen LogP contribution in [0.4, 0.5) is 0 Å². The van der Waals surface area contributed by atoms with E-state index >= 15 is 0 Å². The molecule has 1 saturated heterocycles. The summed E-state index contributed by atoms with van der Waals surface area (Å²) in [6.45, 7) is 1.82. The van der Waals surface area contributed by atoms with Crippen molar-refractivity contribution in [3.63, 3.8) is 0 Å². The minimum absolute atomic E-state index is 0.674. The summed E-state index contributed by atoms with van der Waals surface area (Å²) in [5.41, 5.74) is 2.30. The highest BCUT2D eigenvalue weighted by Gasteiger charge is 2.16. The van der Waals surface area contributed by atoms with E-state index in [0.29, 0.717) is 5.92 Å². The van der Waals surface area contributed by atoms with Gasteiger partial charge in [-0.3, -0.25) is 4.98 Å². The van der Waals surface area contributed by atoms with Crippen LogP contribution in [0.5, 0.6) is 0 Å². The molecular formula is C11H14BrNO. The average molecular weight is 256 g/mol. The largest absolute Gasteiger partial charge is 0.381 e. The van der Waals surface area contributed by atoms with Crippen LogP contribution in [-0.4, -0.2) is 18.2 Å². The van der Waals surface area contributed by atoms with Gasteiger partial charge in [0.2, 0.25) is 0 Å². The normalized spacial score (nSPS) is 21.4. The molecule has 1 unspecified atom stereocenters. The van der Waals surface area contributed by atoms with Crippen molar-refractivity contribution >= 4 is 15.9 Å². The van der Waals surface area contributed by atoms with Gasteiger partial charge in [0.15, 0.2) is 0 Å². The van der Waals surface area contributed by atoms with Crippen molar-refractivity contribution in [3.05, 3.63) is 29.6 Å². The zero-order chi connectivity index (χ0) is 9.80. The lowest BCUT2D eigenvalue weighted by Gasteiger charge is -2.07. The van der Waals surface area contributed by atoms with Crippen LogP contribution in [0.2, 0.25) is 0 Å². The van der Waals surface area contributed by atoms with Gasteiger partial charge in [-0.05, 0) is 30.9 Å². The molecule has 0 spiro atoms. The van der Waals surface area contributed by atoms with Crippen molar-refractivity contribution in [1.82, 2.24) is 4.98 Å². The number of aromatic nitrogens is 1. The lowest BCUT2D eigenvalue weighted by molar-refractivity contribution is 0.185. The van der Waals surface area contributed by atoms with Crippen LogP contribution >= 0.6 is 15.9 Å². The minimum atomic E-state index is 0.674. The molecule has 1 aliphatic heterocycles. The summed E-state index contributed by atoms with van der Waals surface area (Å²) in [6.07, 6.45) is 2.24. The first-order valence-electron chi connectivity index (χ1n) is 4.97. The fourth-order valence-corrected chi connectivity index (χ4v) is 2.07.